The highest BCUT2D eigenvalue weighted by Gasteiger charge is 2.12. The predicted octanol–water partition coefficient (Wildman–Crippen LogP) is 22.0. The minimum Gasteiger partial charge on any atom is -0.457 e. The first-order chi connectivity index (χ1) is 43.3. The number of rotatable bonds is 16. The lowest BCUT2D eigenvalue weighted by atomic mass is 10.2. The molecular formula is C80H60N4O4. The van der Waals surface area contributed by atoms with Crippen LogP contribution in [0.1, 0.15) is 22.3 Å². The average molecular weight is 1140 g/mol. The zero-order valence-corrected chi connectivity index (χ0v) is 48.3. The van der Waals surface area contributed by atoms with Gasteiger partial charge in [-0.1, -0.05) is 111 Å². The number of benzene rings is 12. The molecule has 8 bridgehead atoms. The van der Waals surface area contributed by atoms with Crippen LogP contribution in [0.4, 0.5) is 0 Å². The van der Waals surface area contributed by atoms with Gasteiger partial charge in [0.15, 0.2) is 0 Å². The third kappa shape index (κ3) is 12.2. The van der Waals surface area contributed by atoms with Crippen molar-refractivity contribution in [3.8, 4) is 68.7 Å². The van der Waals surface area contributed by atoms with Gasteiger partial charge < -0.3 is 37.2 Å². The summed E-state index contributed by atoms with van der Waals surface area (Å²) in [5, 5.41) is 0. The third-order valence-corrected chi connectivity index (χ3v) is 15.2. The molecule has 0 atom stereocenters. The number of aromatic nitrogens is 4. The van der Waals surface area contributed by atoms with Crippen LogP contribution in [0, 0.1) is 0 Å². The molecule has 0 saturated heterocycles. The van der Waals surface area contributed by atoms with Gasteiger partial charge in [-0.3, -0.25) is 0 Å². The summed E-state index contributed by atoms with van der Waals surface area (Å²) in [6.45, 7) is 15.6. The smallest absolute Gasteiger partial charge is 0.127 e. The molecule has 0 radical (unpaired) electrons. The van der Waals surface area contributed by atoms with E-state index in [1.807, 2.05) is 170 Å². The van der Waals surface area contributed by atoms with E-state index < -0.39 is 0 Å². The minimum atomic E-state index is 0.715. The van der Waals surface area contributed by atoms with E-state index in [0.29, 0.717) is 23.0 Å². The van der Waals surface area contributed by atoms with E-state index in [1.165, 1.54) is 0 Å². The summed E-state index contributed by atoms with van der Waals surface area (Å²) in [6.07, 6.45) is 7.29. The maximum absolute atomic E-state index is 6.37. The fourth-order valence-corrected chi connectivity index (χ4v) is 10.7. The first-order valence-electron chi connectivity index (χ1n) is 29.0. The first kappa shape index (κ1) is 55.2. The molecular weight excluding hydrogens is 1080 g/mol. The topological polar surface area (TPSA) is 56.6 Å². The summed E-state index contributed by atoms with van der Waals surface area (Å²) < 4.78 is 34.6. The SMILES string of the molecule is C=Cc1ccc(Oc2ccc(-n3c4ccc(cc4)n(-c4ccc(Oc5ccc(C=C)cc5)cc4)c4cccc(c4)n(-c4ccc(Oc5ccc(C=C)cc5)cc4)c4ccc(cc4)n(-c4ccc(Oc5ccc(C=C)cc5)cc4)c4cccc3c4)cc2)cc1. The number of hydrogen-bond donors (Lipinski definition) is 0. The summed E-state index contributed by atoms with van der Waals surface area (Å²) in [7, 11) is 0. The van der Waals surface area contributed by atoms with Crippen molar-refractivity contribution in [1.82, 2.24) is 18.3 Å². The standard InChI is InChI=1S/C80H60N4O4/c1-5-57-15-39-73(40-16-57)85-77-47-31-65(32-48-77)81-61-23-25-62(26-24-61)83(67-35-51-79(52-36-67)87-75-43-19-59(7-3)20-44-75)71-13-10-14-72(56-71)84(68-37-53-80(54-38-68)88-76-45-21-60(8-4)22-46-76)64-29-27-63(28-30-64)82(70-12-9-11-69(81)55-70)66-33-49-78(50-34-66)86-74-41-17-58(6-2)18-42-74/h5-56H,1-4H2. The lowest BCUT2D eigenvalue weighted by Crippen LogP contribution is -2.02. The maximum Gasteiger partial charge on any atom is 0.127 e. The molecule has 0 unspecified atom stereocenters. The van der Waals surface area contributed by atoms with Crippen molar-refractivity contribution in [2.24, 2.45) is 0 Å². The zero-order chi connectivity index (χ0) is 59.8. The Hall–Kier alpha value is -12.0. The van der Waals surface area contributed by atoms with E-state index in [0.717, 1.165) is 112 Å². The third-order valence-electron chi connectivity index (χ3n) is 15.2. The predicted molar refractivity (Wildman–Crippen MR) is 364 cm³/mol. The highest BCUT2D eigenvalue weighted by Crippen LogP contribution is 2.32. The second-order valence-corrected chi connectivity index (χ2v) is 20.9. The molecule has 0 aliphatic heterocycles. The van der Waals surface area contributed by atoms with Crippen LogP contribution in [0.15, 0.2) is 318 Å². The first-order valence-corrected chi connectivity index (χ1v) is 29.0. The van der Waals surface area contributed by atoms with Crippen LogP contribution in [0.2, 0.25) is 0 Å². The van der Waals surface area contributed by atoms with Crippen molar-refractivity contribution in [2.75, 3.05) is 0 Å². The molecule has 16 aromatic rings. The molecule has 0 amide bonds. The van der Waals surface area contributed by atoms with Gasteiger partial charge in [-0.05, 0) is 253 Å². The van der Waals surface area contributed by atoms with Crippen LogP contribution in [0.5, 0.6) is 46.0 Å². The van der Waals surface area contributed by atoms with Crippen molar-refractivity contribution in [3.05, 3.63) is 340 Å². The van der Waals surface area contributed by atoms with E-state index in [4.69, 9.17) is 18.9 Å². The Bertz CT molecular complexity index is 4200. The van der Waals surface area contributed by atoms with Gasteiger partial charge in [0.25, 0.3) is 0 Å². The molecule has 4 aromatic heterocycles. The molecule has 12 aromatic carbocycles. The summed E-state index contributed by atoms with van der Waals surface area (Å²) in [6, 6.07) is 99.3. The Kier molecular flexibility index (Phi) is 15.7. The second-order valence-electron chi connectivity index (χ2n) is 20.9. The van der Waals surface area contributed by atoms with Crippen LogP contribution in [-0.2, 0) is 0 Å². The zero-order valence-electron chi connectivity index (χ0n) is 48.3. The van der Waals surface area contributed by atoms with E-state index >= 15 is 0 Å². The Morgan fingerprint density at radius 1 is 0.193 bits per heavy atom. The van der Waals surface area contributed by atoms with Gasteiger partial charge in [-0.25, -0.2) is 0 Å². The van der Waals surface area contributed by atoms with Crippen LogP contribution in [-0.4, -0.2) is 18.3 Å². The molecule has 0 aliphatic rings. The van der Waals surface area contributed by atoms with Crippen LogP contribution >= 0.6 is 0 Å². The molecule has 0 fully saturated rings. The molecule has 8 nitrogen and oxygen atoms in total. The summed E-state index contributed by atoms with van der Waals surface area (Å²) in [5.74, 6) is 5.81. The van der Waals surface area contributed by atoms with Crippen molar-refractivity contribution in [3.63, 3.8) is 0 Å². The fraction of sp³-hybridized carbons (Fsp3) is 0. The molecule has 0 aliphatic carbocycles. The van der Waals surface area contributed by atoms with Crippen molar-refractivity contribution in [1.29, 1.82) is 0 Å². The van der Waals surface area contributed by atoms with Gasteiger partial charge in [0, 0.05) is 66.9 Å². The lowest BCUT2D eigenvalue weighted by Gasteiger charge is -2.17. The van der Waals surface area contributed by atoms with Gasteiger partial charge in [0.2, 0.25) is 0 Å². The number of hydrogen-bond acceptors (Lipinski definition) is 4. The highest BCUT2D eigenvalue weighted by molar-refractivity contribution is 5.78. The molecule has 0 saturated carbocycles. The summed E-state index contributed by atoms with van der Waals surface area (Å²) >= 11 is 0. The van der Waals surface area contributed by atoms with Crippen molar-refractivity contribution >= 4 is 68.4 Å². The Morgan fingerprint density at radius 2 is 0.364 bits per heavy atom. The lowest BCUT2D eigenvalue weighted by molar-refractivity contribution is 0.482. The van der Waals surface area contributed by atoms with Gasteiger partial charge in [0.05, 0.1) is 0 Å². The Labute approximate surface area is 511 Å². The van der Waals surface area contributed by atoms with Crippen LogP contribution in [0.25, 0.3) is 91.2 Å². The van der Waals surface area contributed by atoms with E-state index in [2.05, 4.69) is 190 Å². The molecule has 424 valence electrons. The van der Waals surface area contributed by atoms with Gasteiger partial charge in [-0.2, -0.15) is 0 Å². The van der Waals surface area contributed by atoms with E-state index in [-0.39, 0.29) is 0 Å². The summed E-state index contributed by atoms with van der Waals surface area (Å²) in [4.78, 5) is 0. The number of ether oxygens (including phenoxy) is 4. The second kappa shape index (κ2) is 25.1. The minimum absolute atomic E-state index is 0.715. The summed E-state index contributed by atoms with van der Waals surface area (Å²) in [5.41, 5.74) is 15.4. The molecule has 8 heteroatoms. The van der Waals surface area contributed by atoms with Crippen molar-refractivity contribution < 1.29 is 18.9 Å². The van der Waals surface area contributed by atoms with Crippen LogP contribution in [0.3, 0.4) is 0 Å². The van der Waals surface area contributed by atoms with Gasteiger partial charge in [0.1, 0.15) is 46.0 Å². The van der Waals surface area contributed by atoms with E-state index in [9.17, 15) is 0 Å². The molecule has 88 heavy (non-hydrogen) atoms. The molecule has 0 N–H and O–H groups in total. The van der Waals surface area contributed by atoms with E-state index in [1.54, 1.807) is 0 Å². The molecule has 0 spiro atoms. The quantitative estimate of drug-likeness (QED) is 0.0967. The largest absolute Gasteiger partial charge is 0.457 e. The average Bonchev–Trinajstić information content (AvgIpc) is 2.93. The normalized spacial score (nSPS) is 10.9. The monoisotopic (exact) mass is 1140 g/mol. The van der Waals surface area contributed by atoms with Gasteiger partial charge >= 0.3 is 0 Å². The molecule has 4 heterocycles. The number of nitrogens with zero attached hydrogens (tertiary/aromatic N) is 4. The van der Waals surface area contributed by atoms with Crippen LogP contribution < -0.4 is 18.9 Å². The maximum atomic E-state index is 6.37. The fourth-order valence-electron chi connectivity index (χ4n) is 10.7. The Morgan fingerprint density at radius 3 is 0.534 bits per heavy atom. The Balaban J connectivity index is 1.03. The highest BCUT2D eigenvalue weighted by atomic mass is 16.5. The van der Waals surface area contributed by atoms with Crippen molar-refractivity contribution in [2.45, 2.75) is 0 Å². The molecule has 16 rings (SSSR count). The van der Waals surface area contributed by atoms with Gasteiger partial charge in [-0.15, -0.1) is 0 Å².